The number of aliphatic hydroxyl groups is 1. The summed E-state index contributed by atoms with van der Waals surface area (Å²) in [6.45, 7) is -0.500. The van der Waals surface area contributed by atoms with Gasteiger partial charge in [-0.05, 0) is 28.7 Å². The molecule has 1 aromatic rings. The molecule has 0 fully saturated rings. The van der Waals surface area contributed by atoms with E-state index < -0.39 is 13.0 Å². The van der Waals surface area contributed by atoms with Gasteiger partial charge in [0.2, 0.25) is 0 Å². The smallest absolute Gasteiger partial charge is 0.265 e. The largest absolute Gasteiger partial charge is 0.494 e. The highest BCUT2D eigenvalue weighted by atomic mass is 127. The summed E-state index contributed by atoms with van der Waals surface area (Å²) < 4.78 is 30.2. The molecule has 0 aliphatic heterocycles. The number of ether oxygens (including phenoxy) is 1. The van der Waals surface area contributed by atoms with E-state index in [-0.39, 0.29) is 17.0 Å². The molecule has 0 saturated heterocycles. The highest BCUT2D eigenvalue weighted by Crippen LogP contribution is 2.28. The van der Waals surface area contributed by atoms with Gasteiger partial charge in [0.1, 0.15) is 3.70 Å². The normalized spacial score (nSPS) is 10.7. The average molecular weight is 315 g/mol. The number of alkyl halides is 2. The van der Waals surface area contributed by atoms with Gasteiger partial charge in [0.05, 0.1) is 19.4 Å². The van der Waals surface area contributed by atoms with Gasteiger partial charge in [-0.1, -0.05) is 0 Å². The SMILES string of the molecule is COc1cc(C(F)F)c(CO)nc1I. The number of aromatic nitrogens is 1. The van der Waals surface area contributed by atoms with Crippen LogP contribution in [0.15, 0.2) is 6.07 Å². The Hall–Kier alpha value is -0.500. The molecule has 0 atom stereocenters. The fourth-order valence-corrected chi connectivity index (χ4v) is 1.65. The number of rotatable bonds is 3. The predicted octanol–water partition coefficient (Wildman–Crippen LogP) is 2.12. The molecule has 0 bridgehead atoms. The standard InChI is InChI=1S/C8H8F2INO2/c1-14-6-2-4(7(9)10)5(3-13)12-8(6)11/h2,7,13H,3H2,1H3. The Morgan fingerprint density at radius 1 is 1.64 bits per heavy atom. The van der Waals surface area contributed by atoms with E-state index in [2.05, 4.69) is 4.98 Å². The summed E-state index contributed by atoms with van der Waals surface area (Å²) in [4.78, 5) is 3.82. The van der Waals surface area contributed by atoms with Gasteiger partial charge in [-0.3, -0.25) is 0 Å². The van der Waals surface area contributed by atoms with Crippen LogP contribution in [0.1, 0.15) is 17.7 Å². The minimum atomic E-state index is -2.66. The number of halogens is 3. The predicted molar refractivity (Wildman–Crippen MR) is 54.4 cm³/mol. The maximum Gasteiger partial charge on any atom is 0.265 e. The molecule has 6 heteroatoms. The fourth-order valence-electron chi connectivity index (χ4n) is 0.981. The van der Waals surface area contributed by atoms with Crippen molar-refractivity contribution in [2.24, 2.45) is 0 Å². The van der Waals surface area contributed by atoms with Crippen molar-refractivity contribution in [2.45, 2.75) is 13.0 Å². The molecule has 14 heavy (non-hydrogen) atoms. The first-order valence-corrected chi connectivity index (χ1v) is 4.80. The minimum absolute atomic E-state index is 0.00907. The minimum Gasteiger partial charge on any atom is -0.494 e. The Morgan fingerprint density at radius 3 is 2.71 bits per heavy atom. The molecule has 0 amide bonds. The molecule has 3 nitrogen and oxygen atoms in total. The number of nitrogens with zero attached hydrogens (tertiary/aromatic N) is 1. The zero-order valence-electron chi connectivity index (χ0n) is 7.30. The number of hydrogen-bond donors (Lipinski definition) is 1. The highest BCUT2D eigenvalue weighted by Gasteiger charge is 2.17. The third-order valence-electron chi connectivity index (χ3n) is 1.66. The molecule has 1 rings (SSSR count). The maximum atomic E-state index is 12.5. The third-order valence-corrected chi connectivity index (χ3v) is 2.43. The first kappa shape index (κ1) is 11.6. The van der Waals surface area contributed by atoms with E-state index in [1.165, 1.54) is 13.2 Å². The maximum absolute atomic E-state index is 12.5. The molecule has 0 unspecified atom stereocenters. The summed E-state index contributed by atoms with van der Waals surface area (Å²) in [5.41, 5.74) is -0.296. The summed E-state index contributed by atoms with van der Waals surface area (Å²) >= 11 is 1.86. The van der Waals surface area contributed by atoms with Crippen LogP contribution in [0.4, 0.5) is 8.78 Å². The van der Waals surface area contributed by atoms with Crippen molar-refractivity contribution in [3.05, 3.63) is 21.0 Å². The lowest BCUT2D eigenvalue weighted by atomic mass is 10.2. The molecule has 1 N–H and O–H groups in total. The fraction of sp³-hybridized carbons (Fsp3) is 0.375. The van der Waals surface area contributed by atoms with E-state index in [4.69, 9.17) is 9.84 Å². The molecule has 0 aliphatic rings. The Balaban J connectivity index is 3.25. The van der Waals surface area contributed by atoms with E-state index in [0.717, 1.165) is 0 Å². The summed E-state index contributed by atoms with van der Waals surface area (Å²) in [7, 11) is 1.38. The zero-order chi connectivity index (χ0) is 10.7. The van der Waals surface area contributed by atoms with E-state index in [9.17, 15) is 8.78 Å². The van der Waals surface area contributed by atoms with Crippen LogP contribution in [0, 0.1) is 3.70 Å². The molecular weight excluding hydrogens is 307 g/mol. The summed E-state index contributed by atoms with van der Waals surface area (Å²) in [6, 6.07) is 1.20. The molecule has 0 spiro atoms. The Bertz CT molecular complexity index is 333. The molecule has 0 radical (unpaired) electrons. The lowest BCUT2D eigenvalue weighted by Crippen LogP contribution is -2.02. The van der Waals surface area contributed by atoms with E-state index in [0.29, 0.717) is 3.70 Å². The molecular formula is C8H8F2INO2. The van der Waals surface area contributed by atoms with Gasteiger partial charge in [-0.15, -0.1) is 0 Å². The van der Waals surface area contributed by atoms with Crippen LogP contribution in [-0.4, -0.2) is 17.2 Å². The van der Waals surface area contributed by atoms with Gasteiger partial charge >= 0.3 is 0 Å². The van der Waals surface area contributed by atoms with Crippen LogP contribution in [0.25, 0.3) is 0 Å². The van der Waals surface area contributed by atoms with Crippen molar-refractivity contribution in [3.8, 4) is 5.75 Å². The monoisotopic (exact) mass is 315 g/mol. The molecule has 0 aliphatic carbocycles. The van der Waals surface area contributed by atoms with Gasteiger partial charge in [-0.25, -0.2) is 13.8 Å². The zero-order valence-corrected chi connectivity index (χ0v) is 9.46. The second kappa shape index (κ2) is 4.83. The number of aliphatic hydroxyl groups excluding tert-OH is 1. The van der Waals surface area contributed by atoms with Crippen molar-refractivity contribution >= 4 is 22.6 Å². The quantitative estimate of drug-likeness (QED) is 0.686. The third kappa shape index (κ3) is 2.30. The van der Waals surface area contributed by atoms with Crippen LogP contribution in [0.5, 0.6) is 5.75 Å². The van der Waals surface area contributed by atoms with Crippen molar-refractivity contribution in [1.82, 2.24) is 4.98 Å². The average Bonchev–Trinajstić information content (AvgIpc) is 2.16. The van der Waals surface area contributed by atoms with Gasteiger partial charge < -0.3 is 9.84 Å². The summed E-state index contributed by atoms with van der Waals surface area (Å²) in [5.74, 6) is 0.290. The van der Waals surface area contributed by atoms with E-state index in [1.807, 2.05) is 22.6 Å². The van der Waals surface area contributed by atoms with Gasteiger partial charge in [0.15, 0.2) is 5.75 Å². The first-order valence-electron chi connectivity index (χ1n) is 3.72. The second-order valence-corrected chi connectivity index (χ2v) is 3.50. The van der Waals surface area contributed by atoms with E-state index >= 15 is 0 Å². The molecule has 0 saturated carbocycles. The lowest BCUT2D eigenvalue weighted by molar-refractivity contribution is 0.145. The molecule has 78 valence electrons. The van der Waals surface area contributed by atoms with E-state index in [1.54, 1.807) is 0 Å². The molecule has 1 aromatic heterocycles. The van der Waals surface area contributed by atoms with Crippen LogP contribution < -0.4 is 4.74 Å². The van der Waals surface area contributed by atoms with Gasteiger partial charge in [0.25, 0.3) is 6.43 Å². The van der Waals surface area contributed by atoms with Crippen molar-refractivity contribution in [2.75, 3.05) is 7.11 Å². The Kier molecular flexibility index (Phi) is 3.99. The molecule has 1 heterocycles. The topological polar surface area (TPSA) is 42.4 Å². The first-order chi connectivity index (χ1) is 6.60. The van der Waals surface area contributed by atoms with Gasteiger partial charge in [0, 0.05) is 5.56 Å². The Labute approximate surface area is 93.2 Å². The van der Waals surface area contributed by atoms with Crippen LogP contribution in [0.2, 0.25) is 0 Å². The number of hydrogen-bond acceptors (Lipinski definition) is 3. The highest BCUT2D eigenvalue weighted by molar-refractivity contribution is 14.1. The lowest BCUT2D eigenvalue weighted by Gasteiger charge is -2.09. The van der Waals surface area contributed by atoms with Crippen molar-refractivity contribution < 1.29 is 18.6 Å². The summed E-state index contributed by atoms with van der Waals surface area (Å²) in [6.07, 6.45) is -2.66. The Morgan fingerprint density at radius 2 is 2.29 bits per heavy atom. The van der Waals surface area contributed by atoms with Crippen LogP contribution >= 0.6 is 22.6 Å². The molecule has 0 aromatic carbocycles. The van der Waals surface area contributed by atoms with Crippen LogP contribution in [0.3, 0.4) is 0 Å². The summed E-state index contributed by atoms with van der Waals surface area (Å²) in [5, 5.41) is 8.82. The van der Waals surface area contributed by atoms with Crippen LogP contribution in [-0.2, 0) is 6.61 Å². The van der Waals surface area contributed by atoms with Crippen molar-refractivity contribution in [1.29, 1.82) is 0 Å². The van der Waals surface area contributed by atoms with Crippen molar-refractivity contribution in [3.63, 3.8) is 0 Å². The number of pyridine rings is 1. The van der Waals surface area contributed by atoms with Gasteiger partial charge in [-0.2, -0.15) is 0 Å². The second-order valence-electron chi connectivity index (χ2n) is 2.48. The number of methoxy groups -OCH3 is 1.